The number of nitrogens with one attached hydrogen (secondary N) is 1. The number of carbonyl (C=O) groups excluding carboxylic acids is 2. The SMILES string of the molecule is CCCCOC(=O)c1ccc(NC(=O)c2sc3ncn(CCc4ccccc4)c(=O)c3c2C)cc1. The summed E-state index contributed by atoms with van der Waals surface area (Å²) < 4.78 is 6.80. The Balaban J connectivity index is 1.48. The number of benzene rings is 2. The number of hydrogen-bond donors (Lipinski definition) is 1. The van der Waals surface area contributed by atoms with E-state index in [0.717, 1.165) is 18.4 Å². The van der Waals surface area contributed by atoms with Gasteiger partial charge in [-0.3, -0.25) is 14.2 Å². The predicted molar refractivity (Wildman–Crippen MR) is 138 cm³/mol. The van der Waals surface area contributed by atoms with Gasteiger partial charge in [-0.2, -0.15) is 0 Å². The number of esters is 1. The lowest BCUT2D eigenvalue weighted by Gasteiger charge is -2.07. The molecule has 1 amide bonds. The summed E-state index contributed by atoms with van der Waals surface area (Å²) in [6.07, 6.45) is 4.03. The number of unbranched alkanes of at least 4 members (excludes halogenated alkanes) is 1. The van der Waals surface area contributed by atoms with E-state index < -0.39 is 0 Å². The van der Waals surface area contributed by atoms with Gasteiger partial charge in [0.05, 0.1) is 28.8 Å². The maximum absolute atomic E-state index is 13.1. The molecule has 0 bridgehead atoms. The van der Waals surface area contributed by atoms with Crippen LogP contribution in [-0.4, -0.2) is 28.0 Å². The molecule has 0 saturated heterocycles. The topological polar surface area (TPSA) is 90.3 Å². The van der Waals surface area contributed by atoms with Gasteiger partial charge in [0.2, 0.25) is 0 Å². The van der Waals surface area contributed by atoms with E-state index >= 15 is 0 Å². The van der Waals surface area contributed by atoms with Crippen molar-refractivity contribution in [3.8, 4) is 0 Å². The van der Waals surface area contributed by atoms with Crippen LogP contribution in [0, 0.1) is 6.92 Å². The fourth-order valence-corrected chi connectivity index (χ4v) is 4.73. The van der Waals surface area contributed by atoms with Crippen molar-refractivity contribution in [1.82, 2.24) is 9.55 Å². The quantitative estimate of drug-likeness (QED) is 0.257. The molecule has 0 aliphatic heterocycles. The van der Waals surface area contributed by atoms with Crippen molar-refractivity contribution < 1.29 is 14.3 Å². The molecular formula is C27H27N3O4S. The molecule has 2 heterocycles. The first-order chi connectivity index (χ1) is 17.0. The van der Waals surface area contributed by atoms with E-state index in [-0.39, 0.29) is 17.4 Å². The van der Waals surface area contributed by atoms with E-state index in [9.17, 15) is 14.4 Å². The third-order valence-corrected chi connectivity index (χ3v) is 6.92. The number of carbonyl (C=O) groups is 2. The molecule has 0 unspecified atom stereocenters. The molecule has 0 atom stereocenters. The summed E-state index contributed by atoms with van der Waals surface area (Å²) in [6, 6.07) is 16.5. The van der Waals surface area contributed by atoms with Gasteiger partial charge in [-0.25, -0.2) is 9.78 Å². The zero-order valence-electron chi connectivity index (χ0n) is 19.7. The minimum absolute atomic E-state index is 0.148. The number of hydrogen-bond acceptors (Lipinski definition) is 6. The highest BCUT2D eigenvalue weighted by Gasteiger charge is 2.20. The normalized spacial score (nSPS) is 10.9. The summed E-state index contributed by atoms with van der Waals surface area (Å²) in [5.74, 6) is -0.703. The summed E-state index contributed by atoms with van der Waals surface area (Å²) in [4.78, 5) is 43.6. The molecule has 7 nitrogen and oxygen atoms in total. The van der Waals surface area contributed by atoms with Crippen molar-refractivity contribution >= 4 is 39.1 Å². The number of thiophene rings is 1. The highest BCUT2D eigenvalue weighted by molar-refractivity contribution is 7.20. The van der Waals surface area contributed by atoms with E-state index in [0.29, 0.717) is 51.5 Å². The summed E-state index contributed by atoms with van der Waals surface area (Å²) in [6.45, 7) is 4.70. The van der Waals surface area contributed by atoms with E-state index in [1.165, 1.54) is 11.3 Å². The maximum Gasteiger partial charge on any atom is 0.338 e. The Morgan fingerprint density at radius 2 is 1.83 bits per heavy atom. The number of nitrogens with zero attached hydrogens (tertiary/aromatic N) is 2. The smallest absolute Gasteiger partial charge is 0.338 e. The van der Waals surface area contributed by atoms with Gasteiger partial charge in [0.1, 0.15) is 4.83 Å². The standard InChI is InChI=1S/C27H27N3O4S/c1-3-4-16-34-27(33)20-10-12-21(13-11-20)29-24(31)23-18(2)22-25(35-23)28-17-30(26(22)32)15-14-19-8-6-5-7-9-19/h5-13,17H,3-4,14-16H2,1-2H3,(H,29,31). The lowest BCUT2D eigenvalue weighted by molar-refractivity contribution is 0.0499. The van der Waals surface area contributed by atoms with Crippen LogP contribution in [0.3, 0.4) is 0 Å². The Morgan fingerprint density at radius 1 is 1.09 bits per heavy atom. The number of ether oxygens (including phenoxy) is 1. The molecule has 4 aromatic rings. The fourth-order valence-electron chi connectivity index (χ4n) is 3.70. The number of rotatable bonds is 9. The third kappa shape index (κ3) is 5.66. The van der Waals surface area contributed by atoms with Crippen LogP contribution in [0.2, 0.25) is 0 Å². The van der Waals surface area contributed by atoms with Crippen molar-refractivity contribution in [3.63, 3.8) is 0 Å². The van der Waals surface area contributed by atoms with Gasteiger partial charge in [-0.05, 0) is 55.2 Å². The number of amides is 1. The monoisotopic (exact) mass is 489 g/mol. The van der Waals surface area contributed by atoms with Gasteiger partial charge < -0.3 is 10.1 Å². The highest BCUT2D eigenvalue weighted by atomic mass is 32.1. The summed E-state index contributed by atoms with van der Waals surface area (Å²) in [5.41, 5.74) is 2.58. The predicted octanol–water partition coefficient (Wildman–Crippen LogP) is 5.22. The number of aromatic nitrogens is 2. The van der Waals surface area contributed by atoms with Crippen molar-refractivity contribution in [1.29, 1.82) is 0 Å². The zero-order valence-corrected chi connectivity index (χ0v) is 20.6. The average Bonchev–Trinajstić information content (AvgIpc) is 3.22. The van der Waals surface area contributed by atoms with E-state index in [1.54, 1.807) is 42.1 Å². The zero-order chi connectivity index (χ0) is 24.8. The van der Waals surface area contributed by atoms with Gasteiger partial charge in [0.25, 0.3) is 11.5 Å². The van der Waals surface area contributed by atoms with Crippen molar-refractivity contribution in [2.24, 2.45) is 0 Å². The van der Waals surface area contributed by atoms with Crippen LogP contribution in [0.15, 0.2) is 65.7 Å². The van der Waals surface area contributed by atoms with E-state index in [4.69, 9.17) is 4.74 Å². The van der Waals surface area contributed by atoms with Crippen LogP contribution in [0.4, 0.5) is 5.69 Å². The molecule has 0 radical (unpaired) electrons. The molecule has 4 rings (SSSR count). The molecule has 2 aromatic carbocycles. The Morgan fingerprint density at radius 3 is 2.54 bits per heavy atom. The Kier molecular flexibility index (Phi) is 7.72. The third-order valence-electron chi connectivity index (χ3n) is 5.72. The summed E-state index contributed by atoms with van der Waals surface area (Å²) in [5, 5.41) is 3.31. The van der Waals surface area contributed by atoms with E-state index in [2.05, 4.69) is 10.3 Å². The largest absolute Gasteiger partial charge is 0.462 e. The molecule has 1 N–H and O–H groups in total. The molecule has 35 heavy (non-hydrogen) atoms. The Bertz CT molecular complexity index is 1390. The van der Waals surface area contributed by atoms with Crippen LogP contribution in [0.5, 0.6) is 0 Å². The molecular weight excluding hydrogens is 462 g/mol. The van der Waals surface area contributed by atoms with Gasteiger partial charge in [-0.15, -0.1) is 11.3 Å². The first-order valence-corrected chi connectivity index (χ1v) is 12.4. The second kappa shape index (κ2) is 11.1. The maximum atomic E-state index is 13.1. The number of fused-ring (bicyclic) bond motifs is 1. The van der Waals surface area contributed by atoms with Crippen molar-refractivity contribution in [2.75, 3.05) is 11.9 Å². The molecule has 2 aromatic heterocycles. The van der Waals surface area contributed by atoms with Crippen LogP contribution < -0.4 is 10.9 Å². The lowest BCUT2D eigenvalue weighted by Crippen LogP contribution is -2.21. The van der Waals surface area contributed by atoms with Crippen molar-refractivity contribution in [2.45, 2.75) is 39.7 Å². The number of aryl methyl sites for hydroxylation is 3. The average molecular weight is 490 g/mol. The van der Waals surface area contributed by atoms with Gasteiger partial charge in [0, 0.05) is 12.2 Å². The first kappa shape index (κ1) is 24.3. The van der Waals surface area contributed by atoms with Crippen LogP contribution >= 0.6 is 11.3 Å². The molecule has 0 saturated carbocycles. The second-order valence-corrected chi connectivity index (χ2v) is 9.24. The number of anilines is 1. The minimum Gasteiger partial charge on any atom is -0.462 e. The minimum atomic E-state index is -0.383. The second-order valence-electron chi connectivity index (χ2n) is 8.24. The van der Waals surface area contributed by atoms with Crippen molar-refractivity contribution in [3.05, 3.63) is 92.8 Å². The Hall–Kier alpha value is -3.78. The Labute approximate surface area is 207 Å². The summed E-state index contributed by atoms with van der Waals surface area (Å²) in [7, 11) is 0. The lowest BCUT2D eigenvalue weighted by atomic mass is 10.1. The first-order valence-electron chi connectivity index (χ1n) is 11.6. The molecule has 0 aliphatic rings. The molecule has 0 fully saturated rings. The molecule has 8 heteroatoms. The fraction of sp³-hybridized carbons (Fsp3) is 0.259. The van der Waals surface area contributed by atoms with Crippen LogP contribution in [0.1, 0.15) is 50.9 Å². The van der Waals surface area contributed by atoms with Gasteiger partial charge >= 0.3 is 5.97 Å². The molecule has 0 aliphatic carbocycles. The molecule has 0 spiro atoms. The van der Waals surface area contributed by atoms with Gasteiger partial charge in [0.15, 0.2) is 0 Å². The van der Waals surface area contributed by atoms with Crippen LogP contribution in [-0.2, 0) is 17.7 Å². The molecule has 180 valence electrons. The highest BCUT2D eigenvalue weighted by Crippen LogP contribution is 2.27. The van der Waals surface area contributed by atoms with Crippen LogP contribution in [0.25, 0.3) is 10.2 Å². The summed E-state index contributed by atoms with van der Waals surface area (Å²) >= 11 is 1.20. The van der Waals surface area contributed by atoms with Gasteiger partial charge in [-0.1, -0.05) is 43.7 Å². The van der Waals surface area contributed by atoms with E-state index in [1.807, 2.05) is 37.3 Å².